The number of aliphatic hydroxyl groups excluding tert-OH is 1. The van der Waals surface area contributed by atoms with Crippen LogP contribution in [0.25, 0.3) is 21.8 Å². The second-order valence-electron chi connectivity index (χ2n) is 12.7. The summed E-state index contributed by atoms with van der Waals surface area (Å²) in [5.41, 5.74) is 4.41. The molecule has 6 heterocycles. The summed E-state index contributed by atoms with van der Waals surface area (Å²) in [6.45, 7) is 2.14. The fourth-order valence-corrected chi connectivity index (χ4v) is 6.49. The molecule has 0 radical (unpaired) electrons. The van der Waals surface area contributed by atoms with Crippen molar-refractivity contribution < 1.29 is 9.84 Å². The SMILES string of the molecule is COCC1CCn2c(nc3cc(C#Cc4ccccn4)ccc3c2=O)C1.Cl.O=c1c2ccc(C#Cc3ccccn3)cc2nc2n1CCC(CO)C2. The van der Waals surface area contributed by atoms with Crippen molar-refractivity contribution in [2.24, 2.45) is 11.8 Å². The van der Waals surface area contributed by atoms with E-state index in [1.54, 1.807) is 34.7 Å². The molecular weight excluding hydrogens is 676 g/mol. The van der Waals surface area contributed by atoms with E-state index in [9.17, 15) is 14.7 Å². The first-order valence-corrected chi connectivity index (χ1v) is 17.0. The lowest BCUT2D eigenvalue weighted by Gasteiger charge is -2.24. The number of rotatable bonds is 3. The van der Waals surface area contributed by atoms with Crippen molar-refractivity contribution in [1.82, 2.24) is 29.1 Å². The predicted octanol–water partition coefficient (Wildman–Crippen LogP) is 4.57. The molecule has 1 N–H and O–H groups in total. The number of aromatic nitrogens is 6. The molecule has 0 spiro atoms. The third-order valence-electron chi connectivity index (χ3n) is 9.19. The summed E-state index contributed by atoms with van der Waals surface area (Å²) in [5, 5.41) is 10.6. The topological polar surface area (TPSA) is 125 Å². The maximum Gasteiger partial charge on any atom is 0.261 e. The molecule has 2 unspecified atom stereocenters. The van der Waals surface area contributed by atoms with Crippen molar-refractivity contribution in [3.63, 3.8) is 0 Å². The number of methoxy groups -OCH3 is 1. The average molecular weight is 713 g/mol. The van der Waals surface area contributed by atoms with Gasteiger partial charge < -0.3 is 9.84 Å². The summed E-state index contributed by atoms with van der Waals surface area (Å²) >= 11 is 0. The molecule has 0 fully saturated rings. The largest absolute Gasteiger partial charge is 0.396 e. The summed E-state index contributed by atoms with van der Waals surface area (Å²) in [5.74, 6) is 14.4. The number of hydrogen-bond donors (Lipinski definition) is 1. The highest BCUT2D eigenvalue weighted by molar-refractivity contribution is 5.85. The van der Waals surface area contributed by atoms with Gasteiger partial charge in [0.15, 0.2) is 0 Å². The zero-order valence-electron chi connectivity index (χ0n) is 28.7. The van der Waals surface area contributed by atoms with Gasteiger partial charge in [-0.1, -0.05) is 24.0 Å². The van der Waals surface area contributed by atoms with Crippen molar-refractivity contribution in [3.05, 3.63) is 140 Å². The van der Waals surface area contributed by atoms with E-state index >= 15 is 0 Å². The third kappa shape index (κ3) is 8.11. The van der Waals surface area contributed by atoms with Gasteiger partial charge in [0.05, 0.1) is 21.8 Å². The van der Waals surface area contributed by atoms with Gasteiger partial charge in [-0.25, -0.2) is 19.9 Å². The summed E-state index contributed by atoms with van der Waals surface area (Å²) in [7, 11) is 1.71. The zero-order chi connectivity index (χ0) is 35.2. The quantitative estimate of drug-likeness (QED) is 0.265. The van der Waals surface area contributed by atoms with E-state index < -0.39 is 0 Å². The van der Waals surface area contributed by atoms with Crippen LogP contribution in [-0.4, -0.2) is 54.5 Å². The van der Waals surface area contributed by atoms with Crippen LogP contribution >= 0.6 is 12.4 Å². The molecule has 52 heavy (non-hydrogen) atoms. The Bertz CT molecular complexity index is 2460. The Kier molecular flexibility index (Phi) is 11.5. The van der Waals surface area contributed by atoms with Gasteiger partial charge in [0.1, 0.15) is 23.0 Å². The summed E-state index contributed by atoms with van der Waals surface area (Å²) < 4.78 is 8.80. The van der Waals surface area contributed by atoms with Gasteiger partial charge in [0, 0.05) is 69.8 Å². The molecule has 0 aliphatic carbocycles. The van der Waals surface area contributed by atoms with E-state index in [1.165, 1.54) is 0 Å². The highest BCUT2D eigenvalue weighted by atomic mass is 35.5. The minimum atomic E-state index is -0.0133. The summed E-state index contributed by atoms with van der Waals surface area (Å²) in [6.07, 6.45) is 6.58. The van der Waals surface area contributed by atoms with Crippen LogP contribution in [0.3, 0.4) is 0 Å². The van der Waals surface area contributed by atoms with Crippen molar-refractivity contribution >= 4 is 34.2 Å². The molecule has 0 saturated heterocycles. The van der Waals surface area contributed by atoms with E-state index in [-0.39, 0.29) is 36.1 Å². The Balaban J connectivity index is 0.000000175. The molecule has 0 amide bonds. The van der Waals surface area contributed by atoms with Crippen molar-refractivity contribution in [3.8, 4) is 23.7 Å². The van der Waals surface area contributed by atoms with E-state index in [0.29, 0.717) is 65.2 Å². The van der Waals surface area contributed by atoms with E-state index in [4.69, 9.17) is 9.72 Å². The molecule has 6 aromatic rings. The number of aliphatic hydroxyl groups is 1. The van der Waals surface area contributed by atoms with Crippen molar-refractivity contribution in [1.29, 1.82) is 0 Å². The Morgan fingerprint density at radius 1 is 0.712 bits per heavy atom. The van der Waals surface area contributed by atoms with Crippen LogP contribution in [-0.2, 0) is 30.7 Å². The molecule has 0 saturated carbocycles. The smallest absolute Gasteiger partial charge is 0.261 e. The number of ether oxygens (including phenoxy) is 1. The highest BCUT2D eigenvalue weighted by Crippen LogP contribution is 2.22. The third-order valence-corrected chi connectivity index (χ3v) is 9.19. The van der Waals surface area contributed by atoms with Crippen LogP contribution < -0.4 is 11.1 Å². The van der Waals surface area contributed by atoms with Crippen LogP contribution in [0.4, 0.5) is 0 Å². The molecule has 8 rings (SSSR count). The van der Waals surface area contributed by atoms with Crippen molar-refractivity contribution in [2.45, 2.75) is 38.8 Å². The molecule has 2 aromatic carbocycles. The minimum Gasteiger partial charge on any atom is -0.396 e. The summed E-state index contributed by atoms with van der Waals surface area (Å²) in [4.78, 5) is 43.2. The molecule has 0 bridgehead atoms. The lowest BCUT2D eigenvalue weighted by atomic mass is 9.98. The number of hydrogen-bond acceptors (Lipinski definition) is 8. The zero-order valence-corrected chi connectivity index (χ0v) is 29.5. The standard InChI is InChI=1S/C21H19N3O2.C20H17N3O2.ClH/c1-26-14-16-9-11-24-20(13-16)23-19-12-15(6-8-18(19)21(24)25)5-7-17-4-2-3-10-22-17;24-13-15-8-10-23-19(12-15)22-18-11-14(5-7-17(18)20(23)25)4-6-16-3-1-2-9-21-16;/h2-4,6,8,10,12,16H,9,11,13-14H2,1H3;1-3,5,7,9,11,15,24H,8,10,12-13H2;1H. The lowest BCUT2D eigenvalue weighted by molar-refractivity contribution is 0.136. The molecule has 2 aliphatic heterocycles. The van der Waals surface area contributed by atoms with Gasteiger partial charge in [-0.2, -0.15) is 0 Å². The van der Waals surface area contributed by atoms with Crippen LogP contribution in [0, 0.1) is 35.5 Å². The molecule has 4 aromatic heterocycles. The van der Waals surface area contributed by atoms with E-state index in [1.807, 2.05) is 66.7 Å². The second kappa shape index (κ2) is 16.6. The van der Waals surface area contributed by atoms with Gasteiger partial charge in [-0.05, 0) is 97.2 Å². The number of halogens is 1. The number of fused-ring (bicyclic) bond motifs is 4. The maximum absolute atomic E-state index is 12.8. The van der Waals surface area contributed by atoms with E-state index in [2.05, 4.69) is 38.6 Å². The molecule has 11 heteroatoms. The first-order chi connectivity index (χ1) is 25.0. The average Bonchev–Trinajstić information content (AvgIpc) is 3.17. The molecule has 262 valence electrons. The minimum absolute atomic E-state index is 0. The summed E-state index contributed by atoms with van der Waals surface area (Å²) in [6, 6.07) is 22.3. The van der Waals surface area contributed by atoms with Gasteiger partial charge in [-0.3, -0.25) is 18.7 Å². The Morgan fingerprint density at radius 2 is 1.21 bits per heavy atom. The predicted molar refractivity (Wildman–Crippen MR) is 202 cm³/mol. The fraction of sp³-hybridized carbons (Fsp3) is 0.268. The fourth-order valence-electron chi connectivity index (χ4n) is 6.49. The number of benzene rings is 2. The Morgan fingerprint density at radius 3 is 1.67 bits per heavy atom. The highest BCUT2D eigenvalue weighted by Gasteiger charge is 2.23. The lowest BCUT2D eigenvalue weighted by Crippen LogP contribution is -2.33. The van der Waals surface area contributed by atoms with Gasteiger partial charge in [0.2, 0.25) is 0 Å². The number of nitrogens with zero attached hydrogens (tertiary/aromatic N) is 6. The first-order valence-electron chi connectivity index (χ1n) is 17.0. The van der Waals surface area contributed by atoms with Gasteiger partial charge in [-0.15, -0.1) is 12.4 Å². The molecule has 2 aliphatic rings. The van der Waals surface area contributed by atoms with Gasteiger partial charge >= 0.3 is 0 Å². The number of pyridine rings is 2. The van der Waals surface area contributed by atoms with Gasteiger partial charge in [0.25, 0.3) is 11.1 Å². The van der Waals surface area contributed by atoms with Crippen molar-refractivity contribution in [2.75, 3.05) is 20.3 Å². The van der Waals surface area contributed by atoms with E-state index in [0.717, 1.165) is 42.0 Å². The molecule has 10 nitrogen and oxygen atoms in total. The van der Waals surface area contributed by atoms with Crippen LogP contribution in [0.1, 0.15) is 47.0 Å². The maximum atomic E-state index is 12.8. The Labute approximate surface area is 307 Å². The van der Waals surface area contributed by atoms with Crippen LogP contribution in [0.5, 0.6) is 0 Å². The molecule has 2 atom stereocenters. The Hall–Kier alpha value is -5.65. The van der Waals surface area contributed by atoms with Crippen LogP contribution in [0.15, 0.2) is 94.8 Å². The van der Waals surface area contributed by atoms with Crippen LogP contribution in [0.2, 0.25) is 0 Å². The monoisotopic (exact) mass is 712 g/mol. The molecular formula is C41H37ClN6O4. The normalized spacial score (nSPS) is 15.7. The first kappa shape index (κ1) is 36.2. The second-order valence-corrected chi connectivity index (χ2v) is 12.7.